The summed E-state index contributed by atoms with van der Waals surface area (Å²) in [5, 5.41) is 5.23. The van der Waals surface area contributed by atoms with Crippen molar-refractivity contribution in [1.29, 1.82) is 0 Å². The van der Waals surface area contributed by atoms with Gasteiger partial charge >= 0.3 is 11.8 Å². The van der Waals surface area contributed by atoms with E-state index in [2.05, 4.69) is 10.6 Å². The zero-order valence-electron chi connectivity index (χ0n) is 13.5. The van der Waals surface area contributed by atoms with Crippen molar-refractivity contribution >= 4 is 17.5 Å². The molecular formula is C18H20N2O3. The van der Waals surface area contributed by atoms with Gasteiger partial charge in [0, 0.05) is 12.2 Å². The number of carbonyl (C=O) groups is 2. The fourth-order valence-corrected chi connectivity index (χ4v) is 2.09. The quantitative estimate of drug-likeness (QED) is 0.853. The van der Waals surface area contributed by atoms with Crippen molar-refractivity contribution in [2.75, 3.05) is 12.4 Å². The van der Waals surface area contributed by atoms with Crippen molar-refractivity contribution in [3.63, 3.8) is 0 Å². The normalized spacial score (nSPS) is 10.0. The second-order valence-electron chi connectivity index (χ2n) is 5.31. The third-order valence-corrected chi connectivity index (χ3v) is 3.43. The summed E-state index contributed by atoms with van der Waals surface area (Å²) in [4.78, 5) is 23.9. The first-order valence-electron chi connectivity index (χ1n) is 7.29. The molecule has 0 aliphatic carbocycles. The van der Waals surface area contributed by atoms with Gasteiger partial charge in [0.1, 0.15) is 5.75 Å². The van der Waals surface area contributed by atoms with Crippen molar-refractivity contribution in [1.82, 2.24) is 5.32 Å². The fourth-order valence-electron chi connectivity index (χ4n) is 2.09. The number of benzene rings is 2. The SMILES string of the molecule is COc1cccc(CNC(=O)C(=O)Nc2cc(C)ccc2C)c1. The van der Waals surface area contributed by atoms with Gasteiger partial charge in [-0.2, -0.15) is 0 Å². The van der Waals surface area contributed by atoms with Gasteiger partial charge in [-0.3, -0.25) is 9.59 Å². The fraction of sp³-hybridized carbons (Fsp3) is 0.222. The standard InChI is InChI=1S/C18H20N2O3/c1-12-7-8-13(2)16(9-12)20-18(22)17(21)19-11-14-5-4-6-15(10-14)23-3/h4-10H,11H2,1-3H3,(H,19,21)(H,20,22). The molecule has 0 aromatic heterocycles. The number of ether oxygens (including phenoxy) is 1. The lowest BCUT2D eigenvalue weighted by Crippen LogP contribution is -2.35. The number of carbonyl (C=O) groups excluding carboxylic acids is 2. The van der Waals surface area contributed by atoms with Gasteiger partial charge in [-0.15, -0.1) is 0 Å². The zero-order chi connectivity index (χ0) is 16.8. The molecule has 5 heteroatoms. The highest BCUT2D eigenvalue weighted by molar-refractivity contribution is 6.39. The summed E-state index contributed by atoms with van der Waals surface area (Å²) in [5.74, 6) is -0.646. The molecule has 2 aromatic carbocycles. The molecule has 0 aliphatic rings. The lowest BCUT2D eigenvalue weighted by atomic mass is 10.1. The number of hydrogen-bond acceptors (Lipinski definition) is 3. The van der Waals surface area contributed by atoms with Crippen LogP contribution < -0.4 is 15.4 Å². The Labute approximate surface area is 135 Å². The largest absolute Gasteiger partial charge is 0.497 e. The second kappa shape index (κ2) is 7.45. The maximum atomic E-state index is 12.0. The van der Waals surface area contributed by atoms with E-state index in [1.807, 2.05) is 56.3 Å². The number of methoxy groups -OCH3 is 1. The summed E-state index contributed by atoms with van der Waals surface area (Å²) in [6.07, 6.45) is 0. The Morgan fingerprint density at radius 2 is 1.83 bits per heavy atom. The molecule has 0 atom stereocenters. The minimum absolute atomic E-state index is 0.260. The van der Waals surface area contributed by atoms with E-state index in [0.29, 0.717) is 11.4 Å². The molecule has 2 aromatic rings. The zero-order valence-corrected chi connectivity index (χ0v) is 13.5. The van der Waals surface area contributed by atoms with Crippen molar-refractivity contribution in [3.05, 3.63) is 59.2 Å². The monoisotopic (exact) mass is 312 g/mol. The molecule has 2 N–H and O–H groups in total. The number of nitrogens with one attached hydrogen (secondary N) is 2. The van der Waals surface area contributed by atoms with Crippen LogP contribution in [0.25, 0.3) is 0 Å². The molecule has 120 valence electrons. The van der Waals surface area contributed by atoms with E-state index in [1.165, 1.54) is 0 Å². The van der Waals surface area contributed by atoms with Crippen LogP contribution in [0.15, 0.2) is 42.5 Å². The Bertz CT molecular complexity index is 726. The van der Waals surface area contributed by atoms with Crippen molar-refractivity contribution in [3.8, 4) is 5.75 Å². The second-order valence-corrected chi connectivity index (χ2v) is 5.31. The van der Waals surface area contributed by atoms with Crippen LogP contribution in [0.5, 0.6) is 5.75 Å². The van der Waals surface area contributed by atoms with Gasteiger partial charge in [-0.25, -0.2) is 0 Å². The van der Waals surface area contributed by atoms with Gasteiger partial charge in [-0.05, 0) is 48.7 Å². The summed E-state index contributed by atoms with van der Waals surface area (Å²) in [7, 11) is 1.58. The van der Waals surface area contributed by atoms with Gasteiger partial charge in [0.05, 0.1) is 7.11 Å². The Morgan fingerprint density at radius 1 is 1.04 bits per heavy atom. The van der Waals surface area contributed by atoms with E-state index in [-0.39, 0.29) is 6.54 Å². The van der Waals surface area contributed by atoms with Crippen LogP contribution in [-0.4, -0.2) is 18.9 Å². The average Bonchev–Trinajstić information content (AvgIpc) is 2.56. The predicted octanol–water partition coefficient (Wildman–Crippen LogP) is 2.57. The van der Waals surface area contributed by atoms with Gasteiger partial charge in [0.2, 0.25) is 0 Å². The van der Waals surface area contributed by atoms with Gasteiger partial charge in [0.15, 0.2) is 0 Å². The van der Waals surface area contributed by atoms with Crippen molar-refractivity contribution in [2.45, 2.75) is 20.4 Å². The van der Waals surface area contributed by atoms with Gasteiger partial charge in [0.25, 0.3) is 0 Å². The number of rotatable bonds is 4. The van der Waals surface area contributed by atoms with Crippen LogP contribution in [0, 0.1) is 13.8 Å². The summed E-state index contributed by atoms with van der Waals surface area (Å²) < 4.78 is 5.12. The van der Waals surface area contributed by atoms with Crippen LogP contribution in [0.1, 0.15) is 16.7 Å². The predicted molar refractivity (Wildman–Crippen MR) is 89.4 cm³/mol. The van der Waals surface area contributed by atoms with Crippen LogP contribution in [-0.2, 0) is 16.1 Å². The van der Waals surface area contributed by atoms with E-state index in [0.717, 1.165) is 16.7 Å². The number of hydrogen-bond donors (Lipinski definition) is 2. The van der Waals surface area contributed by atoms with Crippen LogP contribution in [0.2, 0.25) is 0 Å². The molecule has 23 heavy (non-hydrogen) atoms. The minimum Gasteiger partial charge on any atom is -0.497 e. The molecule has 2 amide bonds. The summed E-state index contributed by atoms with van der Waals surface area (Å²) >= 11 is 0. The Hall–Kier alpha value is -2.82. The highest BCUT2D eigenvalue weighted by atomic mass is 16.5. The Kier molecular flexibility index (Phi) is 5.36. The van der Waals surface area contributed by atoms with Crippen molar-refractivity contribution in [2.24, 2.45) is 0 Å². The van der Waals surface area contributed by atoms with E-state index in [9.17, 15) is 9.59 Å². The molecule has 0 aliphatic heterocycles. The Balaban J connectivity index is 1.94. The third kappa shape index (κ3) is 4.57. The summed E-state index contributed by atoms with van der Waals surface area (Å²) in [6, 6.07) is 13.0. The Morgan fingerprint density at radius 3 is 2.57 bits per heavy atom. The summed E-state index contributed by atoms with van der Waals surface area (Å²) in [6.45, 7) is 4.07. The highest BCUT2D eigenvalue weighted by Crippen LogP contribution is 2.16. The number of amides is 2. The van der Waals surface area contributed by atoms with E-state index < -0.39 is 11.8 Å². The van der Waals surface area contributed by atoms with Crippen molar-refractivity contribution < 1.29 is 14.3 Å². The number of aryl methyl sites for hydroxylation is 2. The first-order valence-corrected chi connectivity index (χ1v) is 7.29. The average molecular weight is 312 g/mol. The van der Waals surface area contributed by atoms with E-state index in [4.69, 9.17) is 4.74 Å². The minimum atomic E-state index is -0.679. The maximum absolute atomic E-state index is 12.0. The van der Waals surface area contributed by atoms with E-state index >= 15 is 0 Å². The van der Waals surface area contributed by atoms with Crippen LogP contribution >= 0.6 is 0 Å². The van der Waals surface area contributed by atoms with Gasteiger partial charge in [-0.1, -0.05) is 24.3 Å². The molecule has 0 saturated carbocycles. The molecule has 0 unspecified atom stereocenters. The van der Waals surface area contributed by atoms with Gasteiger partial charge < -0.3 is 15.4 Å². The lowest BCUT2D eigenvalue weighted by molar-refractivity contribution is -0.136. The first-order chi connectivity index (χ1) is 11.0. The molecule has 0 heterocycles. The smallest absolute Gasteiger partial charge is 0.313 e. The topological polar surface area (TPSA) is 67.4 Å². The lowest BCUT2D eigenvalue weighted by Gasteiger charge is -2.10. The van der Waals surface area contributed by atoms with E-state index in [1.54, 1.807) is 7.11 Å². The highest BCUT2D eigenvalue weighted by Gasteiger charge is 2.14. The molecule has 0 bridgehead atoms. The van der Waals surface area contributed by atoms with Crippen LogP contribution in [0.3, 0.4) is 0 Å². The molecule has 0 fully saturated rings. The molecule has 0 saturated heterocycles. The number of anilines is 1. The molecule has 0 spiro atoms. The summed E-state index contributed by atoms with van der Waals surface area (Å²) in [5.41, 5.74) is 3.43. The third-order valence-electron chi connectivity index (χ3n) is 3.43. The first kappa shape index (κ1) is 16.5. The molecule has 0 radical (unpaired) electrons. The molecular weight excluding hydrogens is 292 g/mol. The maximum Gasteiger partial charge on any atom is 0.313 e. The van der Waals surface area contributed by atoms with Crippen LogP contribution in [0.4, 0.5) is 5.69 Å². The molecule has 2 rings (SSSR count). The molecule has 5 nitrogen and oxygen atoms in total.